The van der Waals surface area contributed by atoms with Crippen molar-refractivity contribution in [3.05, 3.63) is 17.3 Å². The van der Waals surface area contributed by atoms with E-state index in [1.807, 2.05) is 13.8 Å². The lowest BCUT2D eigenvalue weighted by molar-refractivity contribution is 0.530. The Balaban J connectivity index is 3.01. The third kappa shape index (κ3) is 3.55. The van der Waals surface area contributed by atoms with Crippen molar-refractivity contribution in [3.63, 3.8) is 0 Å². The van der Waals surface area contributed by atoms with E-state index in [2.05, 4.69) is 9.71 Å². The summed E-state index contributed by atoms with van der Waals surface area (Å²) in [6, 6.07) is 1.21. The molecule has 0 amide bonds. The lowest BCUT2D eigenvalue weighted by atomic mass is 10.2. The van der Waals surface area contributed by atoms with Gasteiger partial charge in [0.15, 0.2) is 0 Å². The van der Waals surface area contributed by atoms with Crippen LogP contribution >= 0.6 is 11.6 Å². The summed E-state index contributed by atoms with van der Waals surface area (Å²) in [5, 5.41) is 0.137. The molecule has 0 aliphatic carbocycles. The van der Waals surface area contributed by atoms with E-state index in [1.54, 1.807) is 0 Å². The molecule has 1 aromatic heterocycles. The maximum absolute atomic E-state index is 12.0. The van der Waals surface area contributed by atoms with E-state index >= 15 is 0 Å². The molecule has 96 valence electrons. The predicted molar refractivity (Wildman–Crippen MR) is 68.4 cm³/mol. The molecule has 5 nitrogen and oxygen atoms in total. The molecule has 0 saturated carbocycles. The summed E-state index contributed by atoms with van der Waals surface area (Å²) in [6.07, 6.45) is 2.66. The summed E-state index contributed by atoms with van der Waals surface area (Å²) in [5.74, 6) is 0.119. The molecule has 0 unspecified atom stereocenters. The normalized spacial score (nSPS) is 12.0. The maximum Gasteiger partial charge on any atom is 0.242 e. The average molecular weight is 278 g/mol. The van der Waals surface area contributed by atoms with Gasteiger partial charge in [0.1, 0.15) is 10.7 Å². The number of anilines is 1. The zero-order chi connectivity index (χ0) is 13.1. The highest BCUT2D eigenvalue weighted by Gasteiger charge is 2.19. The first-order valence-electron chi connectivity index (χ1n) is 5.34. The van der Waals surface area contributed by atoms with E-state index in [9.17, 15) is 8.42 Å². The van der Waals surface area contributed by atoms with Gasteiger partial charge in [0, 0.05) is 12.2 Å². The van der Waals surface area contributed by atoms with Gasteiger partial charge in [-0.15, -0.1) is 0 Å². The van der Waals surface area contributed by atoms with Crippen LogP contribution in [0.15, 0.2) is 17.2 Å². The van der Waals surface area contributed by atoms with Gasteiger partial charge in [-0.2, -0.15) is 0 Å². The Morgan fingerprint density at radius 2 is 2.06 bits per heavy atom. The Morgan fingerprint density at radius 1 is 1.47 bits per heavy atom. The van der Waals surface area contributed by atoms with Crippen LogP contribution in [0, 0.1) is 0 Å². The van der Waals surface area contributed by atoms with Crippen molar-refractivity contribution in [1.82, 2.24) is 9.71 Å². The van der Waals surface area contributed by atoms with Crippen molar-refractivity contribution >= 4 is 27.4 Å². The van der Waals surface area contributed by atoms with Crippen LogP contribution in [0.25, 0.3) is 0 Å². The summed E-state index contributed by atoms with van der Waals surface area (Å²) < 4.78 is 26.5. The van der Waals surface area contributed by atoms with E-state index in [4.69, 9.17) is 17.3 Å². The molecule has 3 N–H and O–H groups in total. The number of pyridine rings is 1. The van der Waals surface area contributed by atoms with Gasteiger partial charge in [0.2, 0.25) is 10.0 Å². The first-order chi connectivity index (χ1) is 7.90. The van der Waals surface area contributed by atoms with Gasteiger partial charge in [-0.25, -0.2) is 18.1 Å². The molecule has 0 aliphatic heterocycles. The second kappa shape index (κ2) is 5.66. The molecule has 7 heteroatoms. The molecule has 0 spiro atoms. The predicted octanol–water partition coefficient (Wildman–Crippen LogP) is 1.78. The number of nitrogens with two attached hydrogens (primary N) is 1. The minimum Gasteiger partial charge on any atom is -0.382 e. The number of aromatic nitrogens is 1. The summed E-state index contributed by atoms with van der Waals surface area (Å²) in [7, 11) is -3.58. The molecule has 0 aromatic carbocycles. The number of hydrogen-bond acceptors (Lipinski definition) is 4. The lowest BCUT2D eigenvalue weighted by Crippen LogP contribution is -2.33. The molecule has 0 aliphatic rings. The van der Waals surface area contributed by atoms with Crippen molar-refractivity contribution in [3.8, 4) is 0 Å². The summed E-state index contributed by atoms with van der Waals surface area (Å²) >= 11 is 5.74. The molecule has 0 radical (unpaired) electrons. The Bertz CT molecular complexity index is 486. The number of sulfonamides is 1. The fraction of sp³-hybridized carbons (Fsp3) is 0.500. The topological polar surface area (TPSA) is 85.1 Å². The van der Waals surface area contributed by atoms with E-state index < -0.39 is 10.0 Å². The van der Waals surface area contributed by atoms with Crippen LogP contribution in [-0.2, 0) is 10.0 Å². The van der Waals surface area contributed by atoms with E-state index in [0.29, 0.717) is 0 Å². The van der Waals surface area contributed by atoms with E-state index in [1.165, 1.54) is 12.3 Å². The van der Waals surface area contributed by atoms with Crippen LogP contribution in [0.5, 0.6) is 0 Å². The van der Waals surface area contributed by atoms with Crippen molar-refractivity contribution < 1.29 is 8.42 Å². The zero-order valence-corrected chi connectivity index (χ0v) is 11.3. The average Bonchev–Trinajstić information content (AvgIpc) is 2.29. The fourth-order valence-electron chi connectivity index (χ4n) is 1.32. The highest BCUT2D eigenvalue weighted by Crippen LogP contribution is 2.20. The number of nitrogen functional groups attached to an aromatic ring is 1. The van der Waals surface area contributed by atoms with Gasteiger partial charge >= 0.3 is 0 Å². The third-order valence-electron chi connectivity index (χ3n) is 2.46. The molecule has 1 rings (SSSR count). The van der Waals surface area contributed by atoms with Crippen LogP contribution in [0.2, 0.25) is 5.02 Å². The van der Waals surface area contributed by atoms with Gasteiger partial charge in [0.05, 0.1) is 5.02 Å². The maximum atomic E-state index is 12.0. The minimum atomic E-state index is -3.58. The third-order valence-corrected chi connectivity index (χ3v) is 4.25. The van der Waals surface area contributed by atoms with Gasteiger partial charge in [-0.3, -0.25) is 0 Å². The van der Waals surface area contributed by atoms with Gasteiger partial charge in [-0.1, -0.05) is 25.4 Å². The van der Waals surface area contributed by atoms with Crippen LogP contribution in [-0.4, -0.2) is 19.4 Å². The summed E-state index contributed by atoms with van der Waals surface area (Å²) in [5.41, 5.74) is 5.43. The largest absolute Gasteiger partial charge is 0.382 e. The number of nitrogens with one attached hydrogen (secondary N) is 1. The highest BCUT2D eigenvalue weighted by atomic mass is 35.5. The molecule has 1 heterocycles. The van der Waals surface area contributed by atoms with Gasteiger partial charge in [-0.05, 0) is 18.9 Å². The number of hydrogen-bond donors (Lipinski definition) is 2. The van der Waals surface area contributed by atoms with E-state index in [-0.39, 0.29) is 21.8 Å². The molecule has 0 atom stereocenters. The Morgan fingerprint density at radius 3 is 2.53 bits per heavy atom. The highest BCUT2D eigenvalue weighted by molar-refractivity contribution is 7.89. The fourth-order valence-corrected chi connectivity index (χ4v) is 2.92. The van der Waals surface area contributed by atoms with Crippen LogP contribution in [0.1, 0.15) is 26.7 Å². The summed E-state index contributed by atoms with van der Waals surface area (Å²) in [4.78, 5) is 3.76. The molecular formula is C10H16ClN3O2S. The first kappa shape index (κ1) is 14.2. The lowest BCUT2D eigenvalue weighted by Gasteiger charge is -2.15. The Hall–Kier alpha value is -0.850. The number of halogens is 1. The Labute approximate surface area is 106 Å². The quantitative estimate of drug-likeness (QED) is 0.859. The van der Waals surface area contributed by atoms with Crippen molar-refractivity contribution in [2.75, 3.05) is 5.73 Å². The minimum absolute atomic E-state index is 0.0311. The van der Waals surface area contributed by atoms with Gasteiger partial charge < -0.3 is 5.73 Å². The van der Waals surface area contributed by atoms with Crippen LogP contribution < -0.4 is 10.5 Å². The molecule has 17 heavy (non-hydrogen) atoms. The number of nitrogens with zero attached hydrogens (tertiary/aromatic N) is 1. The zero-order valence-electron chi connectivity index (χ0n) is 9.77. The molecule has 0 bridgehead atoms. The van der Waals surface area contributed by atoms with Crippen LogP contribution in [0.4, 0.5) is 5.82 Å². The van der Waals surface area contributed by atoms with Gasteiger partial charge in [0.25, 0.3) is 0 Å². The Kier molecular flexibility index (Phi) is 4.73. The molecule has 1 aromatic rings. The monoisotopic (exact) mass is 277 g/mol. The van der Waals surface area contributed by atoms with Crippen molar-refractivity contribution in [2.45, 2.75) is 37.6 Å². The second-order valence-corrected chi connectivity index (χ2v) is 5.79. The second-order valence-electron chi connectivity index (χ2n) is 3.67. The standard InChI is InChI=1S/C10H16ClN3O2S/c1-3-7(4-2)14-17(15,16)8-5-9(11)10(12)13-6-8/h5-7,14H,3-4H2,1-2H3,(H2,12,13). The summed E-state index contributed by atoms with van der Waals surface area (Å²) in [6.45, 7) is 3.84. The first-order valence-corrected chi connectivity index (χ1v) is 7.20. The molecule has 0 saturated heterocycles. The van der Waals surface area contributed by atoms with Crippen molar-refractivity contribution in [2.24, 2.45) is 0 Å². The smallest absolute Gasteiger partial charge is 0.242 e. The number of rotatable bonds is 5. The SMILES string of the molecule is CCC(CC)NS(=O)(=O)c1cnc(N)c(Cl)c1. The van der Waals surface area contributed by atoms with Crippen molar-refractivity contribution in [1.29, 1.82) is 0 Å². The molecular weight excluding hydrogens is 262 g/mol. The molecule has 0 fully saturated rings. The van der Waals surface area contributed by atoms with E-state index in [0.717, 1.165) is 12.8 Å². The van der Waals surface area contributed by atoms with Crippen LogP contribution in [0.3, 0.4) is 0 Å².